The highest BCUT2D eigenvalue weighted by Crippen LogP contribution is 2.24. The van der Waals surface area contributed by atoms with Crippen molar-refractivity contribution in [1.29, 1.82) is 0 Å². The van der Waals surface area contributed by atoms with Gasteiger partial charge < -0.3 is 15.4 Å². The average molecular weight is 541 g/mol. The van der Waals surface area contributed by atoms with E-state index in [-0.39, 0.29) is 17.2 Å². The molecule has 4 rings (SSSR count). The molecule has 0 aromatic heterocycles. The van der Waals surface area contributed by atoms with Crippen LogP contribution in [0.1, 0.15) is 26.3 Å². The monoisotopic (exact) mass is 540 g/mol. The van der Waals surface area contributed by atoms with Crippen LogP contribution in [0.3, 0.4) is 0 Å². The molecule has 0 fully saturated rings. The summed E-state index contributed by atoms with van der Waals surface area (Å²) in [4.78, 5) is 39.4. The molecule has 0 aliphatic carbocycles. The van der Waals surface area contributed by atoms with Gasteiger partial charge in [-0.3, -0.25) is 14.4 Å². The average Bonchev–Trinajstić information content (AvgIpc) is 2.97. The molecular weight excluding hydrogens is 515 g/mol. The highest BCUT2D eigenvalue weighted by molar-refractivity contribution is 8.00. The zero-order valence-electron chi connectivity index (χ0n) is 21.0. The number of hydrogen-bond acceptors (Lipinski definition) is 5. The zero-order valence-corrected chi connectivity index (χ0v) is 21.8. The van der Waals surface area contributed by atoms with Crippen molar-refractivity contribution in [2.24, 2.45) is 0 Å². The predicted molar refractivity (Wildman–Crippen MR) is 151 cm³/mol. The maximum Gasteiger partial charge on any atom is 0.272 e. The molecule has 6 nitrogen and oxygen atoms in total. The Morgan fingerprint density at radius 1 is 0.846 bits per heavy atom. The van der Waals surface area contributed by atoms with Crippen molar-refractivity contribution in [1.82, 2.24) is 5.32 Å². The van der Waals surface area contributed by atoms with Gasteiger partial charge in [-0.25, -0.2) is 4.39 Å². The number of ether oxygens (including phenoxy) is 1. The van der Waals surface area contributed by atoms with E-state index < -0.39 is 17.6 Å². The number of carbonyl (C=O) groups excluding carboxylic acids is 3. The summed E-state index contributed by atoms with van der Waals surface area (Å²) in [5, 5.41) is 5.45. The molecule has 0 heterocycles. The zero-order chi connectivity index (χ0) is 27.6. The van der Waals surface area contributed by atoms with Crippen LogP contribution in [0.25, 0.3) is 6.08 Å². The summed E-state index contributed by atoms with van der Waals surface area (Å²) in [6.07, 6.45) is 1.47. The van der Waals surface area contributed by atoms with Gasteiger partial charge >= 0.3 is 0 Å². The number of amides is 2. The Bertz CT molecular complexity index is 1500. The van der Waals surface area contributed by atoms with Crippen LogP contribution in [-0.2, 0) is 4.79 Å². The summed E-state index contributed by atoms with van der Waals surface area (Å²) in [6.45, 7) is 0. The molecule has 0 bridgehead atoms. The van der Waals surface area contributed by atoms with Crippen LogP contribution in [-0.4, -0.2) is 30.5 Å². The molecule has 39 heavy (non-hydrogen) atoms. The van der Waals surface area contributed by atoms with Gasteiger partial charge in [-0.2, -0.15) is 0 Å². The van der Waals surface area contributed by atoms with Gasteiger partial charge in [-0.15, -0.1) is 11.8 Å². The highest BCUT2D eigenvalue weighted by Gasteiger charge is 2.16. The Morgan fingerprint density at radius 2 is 1.56 bits per heavy atom. The van der Waals surface area contributed by atoms with Crippen LogP contribution >= 0.6 is 11.8 Å². The molecule has 0 radical (unpaired) electrons. The lowest BCUT2D eigenvalue weighted by atomic mass is 10.1. The number of thioether (sulfide) groups is 1. The van der Waals surface area contributed by atoms with Crippen molar-refractivity contribution in [3.05, 3.63) is 131 Å². The van der Waals surface area contributed by atoms with E-state index in [0.717, 1.165) is 4.90 Å². The molecule has 0 aliphatic rings. The summed E-state index contributed by atoms with van der Waals surface area (Å²) in [6, 6.07) is 28.1. The normalized spacial score (nSPS) is 11.0. The van der Waals surface area contributed by atoms with Gasteiger partial charge in [0.25, 0.3) is 11.8 Å². The third kappa shape index (κ3) is 7.90. The first kappa shape index (κ1) is 27.3. The molecule has 0 aliphatic heterocycles. The van der Waals surface area contributed by atoms with E-state index in [0.29, 0.717) is 28.1 Å². The molecule has 2 amide bonds. The van der Waals surface area contributed by atoms with Gasteiger partial charge in [-0.1, -0.05) is 48.5 Å². The van der Waals surface area contributed by atoms with E-state index in [1.165, 1.54) is 42.1 Å². The SMILES string of the molecule is COc1cccc(C(=O)CSc2cccc(NC(=O)/C(=C/c3ccc(F)cc3)NC(=O)c3ccccc3)c2)c1. The highest BCUT2D eigenvalue weighted by atomic mass is 32.2. The molecule has 0 saturated carbocycles. The minimum atomic E-state index is -0.557. The fourth-order valence-electron chi connectivity index (χ4n) is 3.56. The van der Waals surface area contributed by atoms with E-state index >= 15 is 0 Å². The van der Waals surface area contributed by atoms with E-state index in [2.05, 4.69) is 10.6 Å². The second kappa shape index (κ2) is 13.2. The Labute approximate surface area is 229 Å². The van der Waals surface area contributed by atoms with E-state index in [4.69, 9.17) is 4.74 Å². The molecule has 196 valence electrons. The van der Waals surface area contributed by atoms with Crippen LogP contribution in [0.2, 0.25) is 0 Å². The quantitative estimate of drug-likeness (QED) is 0.142. The van der Waals surface area contributed by atoms with E-state index in [1.54, 1.807) is 79.9 Å². The van der Waals surface area contributed by atoms with E-state index in [1.807, 2.05) is 6.07 Å². The van der Waals surface area contributed by atoms with Crippen LogP contribution in [0, 0.1) is 5.82 Å². The fourth-order valence-corrected chi connectivity index (χ4v) is 4.41. The first-order valence-corrected chi connectivity index (χ1v) is 12.9. The summed E-state index contributed by atoms with van der Waals surface area (Å²) in [7, 11) is 1.55. The molecular formula is C31H25FN2O4S. The van der Waals surface area contributed by atoms with Gasteiger partial charge in [0.15, 0.2) is 5.78 Å². The molecule has 4 aromatic carbocycles. The molecule has 0 spiro atoms. The van der Waals surface area contributed by atoms with Crippen molar-refractivity contribution in [2.75, 3.05) is 18.2 Å². The molecule has 4 aromatic rings. The van der Waals surface area contributed by atoms with Crippen molar-refractivity contribution in [3.63, 3.8) is 0 Å². The summed E-state index contributed by atoms with van der Waals surface area (Å²) < 4.78 is 18.6. The number of carbonyl (C=O) groups is 3. The number of ketones is 1. The number of rotatable bonds is 10. The first-order valence-electron chi connectivity index (χ1n) is 12.0. The molecule has 8 heteroatoms. The largest absolute Gasteiger partial charge is 0.497 e. The van der Waals surface area contributed by atoms with Crippen LogP contribution in [0.5, 0.6) is 5.75 Å². The Hall–Kier alpha value is -4.69. The second-order valence-electron chi connectivity index (χ2n) is 8.36. The van der Waals surface area contributed by atoms with Crippen LogP contribution in [0.15, 0.2) is 114 Å². The van der Waals surface area contributed by atoms with Crippen molar-refractivity contribution in [3.8, 4) is 5.75 Å². The predicted octanol–water partition coefficient (Wildman–Crippen LogP) is 6.22. The van der Waals surface area contributed by atoms with Crippen molar-refractivity contribution >= 4 is 41.1 Å². The standard InChI is InChI=1S/C31H25FN2O4S/c1-38-26-11-5-9-23(18-26)29(35)20-39-27-12-6-10-25(19-27)33-31(37)28(17-21-13-15-24(32)16-14-21)34-30(36)22-7-3-2-4-8-22/h2-19H,20H2,1H3,(H,33,37)(H,34,36)/b28-17-. The van der Waals surface area contributed by atoms with Gasteiger partial charge in [0.05, 0.1) is 12.9 Å². The fraction of sp³-hybridized carbons (Fsp3) is 0.0645. The lowest BCUT2D eigenvalue weighted by Crippen LogP contribution is -2.30. The summed E-state index contributed by atoms with van der Waals surface area (Å²) in [5.41, 5.74) is 1.94. The number of hydrogen-bond donors (Lipinski definition) is 2. The molecule has 0 unspecified atom stereocenters. The third-order valence-electron chi connectivity index (χ3n) is 5.56. The Kier molecular flexibility index (Phi) is 9.26. The second-order valence-corrected chi connectivity index (χ2v) is 9.40. The third-order valence-corrected chi connectivity index (χ3v) is 6.56. The lowest BCUT2D eigenvalue weighted by molar-refractivity contribution is -0.113. The maximum absolute atomic E-state index is 13.4. The number of Topliss-reactive ketones (excluding diaryl/α,β-unsaturated/α-hetero) is 1. The number of benzene rings is 4. The number of halogens is 1. The molecule has 0 atom stereocenters. The number of methoxy groups -OCH3 is 1. The number of nitrogens with one attached hydrogen (secondary N) is 2. The Balaban J connectivity index is 1.48. The van der Waals surface area contributed by atoms with Crippen LogP contribution in [0.4, 0.5) is 10.1 Å². The molecule has 0 saturated heterocycles. The Morgan fingerprint density at radius 3 is 2.31 bits per heavy atom. The van der Waals surface area contributed by atoms with Gasteiger partial charge in [0.2, 0.25) is 0 Å². The summed E-state index contributed by atoms with van der Waals surface area (Å²) >= 11 is 1.34. The van der Waals surface area contributed by atoms with Gasteiger partial charge in [-0.05, 0) is 66.2 Å². The lowest BCUT2D eigenvalue weighted by Gasteiger charge is -2.12. The minimum Gasteiger partial charge on any atom is -0.497 e. The molecule has 2 N–H and O–H groups in total. The van der Waals surface area contributed by atoms with Crippen molar-refractivity contribution in [2.45, 2.75) is 4.90 Å². The number of anilines is 1. The summed E-state index contributed by atoms with van der Waals surface area (Å²) in [5.74, 6) is -0.669. The first-order chi connectivity index (χ1) is 18.9. The minimum absolute atomic E-state index is 0.0123. The smallest absolute Gasteiger partial charge is 0.272 e. The van der Waals surface area contributed by atoms with Crippen molar-refractivity contribution < 1.29 is 23.5 Å². The maximum atomic E-state index is 13.4. The van der Waals surface area contributed by atoms with Crippen LogP contribution < -0.4 is 15.4 Å². The van der Waals surface area contributed by atoms with Gasteiger partial charge in [0.1, 0.15) is 17.3 Å². The van der Waals surface area contributed by atoms with E-state index in [9.17, 15) is 18.8 Å². The topological polar surface area (TPSA) is 84.5 Å². The van der Waals surface area contributed by atoms with Gasteiger partial charge in [0, 0.05) is 21.7 Å².